The van der Waals surface area contributed by atoms with Crippen molar-refractivity contribution in [3.05, 3.63) is 96.8 Å². The zero-order chi connectivity index (χ0) is 18.5. The smallest absolute Gasteiger partial charge is 0.156 e. The van der Waals surface area contributed by atoms with Crippen LogP contribution in [0, 0.1) is 0 Å². The van der Waals surface area contributed by atoms with Gasteiger partial charge in [-0.2, -0.15) is 0 Å². The van der Waals surface area contributed by atoms with E-state index in [-0.39, 0.29) is 5.75 Å². The molecule has 0 saturated carbocycles. The van der Waals surface area contributed by atoms with Gasteiger partial charge in [-0.05, 0) is 36.4 Å². The Bertz CT molecular complexity index is 1010. The number of rotatable bonds is 5. The van der Waals surface area contributed by atoms with Gasteiger partial charge in [0.2, 0.25) is 0 Å². The van der Waals surface area contributed by atoms with Crippen molar-refractivity contribution in [1.29, 1.82) is 0 Å². The van der Waals surface area contributed by atoms with Crippen molar-refractivity contribution >= 4 is 11.5 Å². The molecule has 2 aromatic carbocycles. The number of aromatic nitrogens is 3. The Morgan fingerprint density at radius 2 is 1.52 bits per heavy atom. The van der Waals surface area contributed by atoms with Crippen molar-refractivity contribution in [3.8, 4) is 17.0 Å². The molecule has 1 N–H and O–H groups in total. The minimum Gasteiger partial charge on any atom is -0.506 e. The van der Waals surface area contributed by atoms with Gasteiger partial charge in [-0.1, -0.05) is 48.5 Å². The summed E-state index contributed by atoms with van der Waals surface area (Å²) in [6.45, 7) is 0.470. The van der Waals surface area contributed by atoms with E-state index in [2.05, 4.69) is 15.2 Å². The summed E-state index contributed by atoms with van der Waals surface area (Å²) < 4.78 is 0. The van der Waals surface area contributed by atoms with Gasteiger partial charge in [0.25, 0.3) is 0 Å². The Kier molecular flexibility index (Phi) is 4.74. The third kappa shape index (κ3) is 3.77. The fourth-order valence-corrected chi connectivity index (χ4v) is 2.87. The van der Waals surface area contributed by atoms with Gasteiger partial charge in [-0.15, -0.1) is 10.2 Å². The Hall–Kier alpha value is -3.73. The summed E-state index contributed by atoms with van der Waals surface area (Å²) in [4.78, 5) is 6.30. The molecule has 27 heavy (non-hydrogen) atoms. The third-order valence-electron chi connectivity index (χ3n) is 4.22. The zero-order valence-electron chi connectivity index (χ0n) is 14.6. The van der Waals surface area contributed by atoms with E-state index in [9.17, 15) is 5.11 Å². The lowest BCUT2D eigenvalue weighted by Crippen LogP contribution is -2.19. The summed E-state index contributed by atoms with van der Waals surface area (Å²) in [6.07, 6.45) is 1.75. The molecule has 5 nitrogen and oxygen atoms in total. The predicted molar refractivity (Wildman–Crippen MR) is 106 cm³/mol. The van der Waals surface area contributed by atoms with Crippen LogP contribution in [0.5, 0.6) is 5.75 Å². The topological polar surface area (TPSA) is 62.1 Å². The molecule has 0 fully saturated rings. The molecule has 0 unspecified atom stereocenters. The highest BCUT2D eigenvalue weighted by Crippen LogP contribution is 2.33. The lowest BCUT2D eigenvalue weighted by atomic mass is 10.1. The molecule has 0 aliphatic carbocycles. The van der Waals surface area contributed by atoms with Crippen LogP contribution in [0.2, 0.25) is 0 Å². The molecule has 0 saturated heterocycles. The monoisotopic (exact) mass is 354 g/mol. The minimum absolute atomic E-state index is 0.183. The van der Waals surface area contributed by atoms with Crippen LogP contribution in [0.1, 0.15) is 5.69 Å². The largest absolute Gasteiger partial charge is 0.506 e. The van der Waals surface area contributed by atoms with Crippen LogP contribution in [-0.2, 0) is 6.54 Å². The van der Waals surface area contributed by atoms with Gasteiger partial charge >= 0.3 is 0 Å². The molecular weight excluding hydrogens is 336 g/mol. The number of phenols is 1. The second-order valence-electron chi connectivity index (χ2n) is 6.04. The molecule has 132 valence electrons. The zero-order valence-corrected chi connectivity index (χ0v) is 14.6. The first-order chi connectivity index (χ1) is 13.3. The van der Waals surface area contributed by atoms with E-state index >= 15 is 0 Å². The van der Waals surface area contributed by atoms with E-state index < -0.39 is 0 Å². The molecule has 4 aromatic rings. The fraction of sp³-hybridized carbons (Fsp3) is 0.0455. The molecular formula is C22H18N4O. The summed E-state index contributed by atoms with van der Waals surface area (Å²) in [5.74, 6) is 0.823. The van der Waals surface area contributed by atoms with Gasteiger partial charge in [0.15, 0.2) is 5.82 Å². The van der Waals surface area contributed by atoms with E-state index in [4.69, 9.17) is 0 Å². The first-order valence-corrected chi connectivity index (χ1v) is 8.66. The molecule has 2 heterocycles. The van der Waals surface area contributed by atoms with Gasteiger partial charge < -0.3 is 10.0 Å². The van der Waals surface area contributed by atoms with E-state index in [1.807, 2.05) is 77.7 Å². The number of benzene rings is 2. The molecule has 0 aliphatic heterocycles. The number of hydrogen-bond donors (Lipinski definition) is 1. The molecule has 0 amide bonds. The Balaban J connectivity index is 1.71. The van der Waals surface area contributed by atoms with Crippen LogP contribution in [0.4, 0.5) is 11.5 Å². The maximum absolute atomic E-state index is 10.3. The van der Waals surface area contributed by atoms with Crippen LogP contribution < -0.4 is 4.90 Å². The average Bonchev–Trinajstić information content (AvgIpc) is 2.74. The van der Waals surface area contributed by atoms with E-state index in [0.717, 1.165) is 17.0 Å². The number of hydrogen-bond acceptors (Lipinski definition) is 5. The molecule has 0 atom stereocenters. The highest BCUT2D eigenvalue weighted by molar-refractivity contribution is 5.67. The fourth-order valence-electron chi connectivity index (χ4n) is 2.87. The molecule has 0 aliphatic rings. The lowest BCUT2D eigenvalue weighted by molar-refractivity contribution is 0.475. The van der Waals surface area contributed by atoms with E-state index in [0.29, 0.717) is 18.1 Å². The number of anilines is 2. The van der Waals surface area contributed by atoms with Gasteiger partial charge in [0.1, 0.15) is 5.75 Å². The molecule has 4 rings (SSSR count). The molecule has 0 bridgehead atoms. The Morgan fingerprint density at radius 3 is 2.22 bits per heavy atom. The van der Waals surface area contributed by atoms with Gasteiger partial charge in [0.05, 0.1) is 23.6 Å². The maximum Gasteiger partial charge on any atom is 0.156 e. The van der Waals surface area contributed by atoms with Crippen molar-refractivity contribution < 1.29 is 5.11 Å². The molecule has 2 aromatic heterocycles. The van der Waals surface area contributed by atoms with Crippen LogP contribution in [0.15, 0.2) is 91.1 Å². The van der Waals surface area contributed by atoms with Crippen LogP contribution >= 0.6 is 0 Å². The summed E-state index contributed by atoms with van der Waals surface area (Å²) in [6, 6.07) is 26.7. The number of aromatic hydroxyl groups is 1. The number of phenolic OH excluding ortho intramolecular Hbond substituents is 1. The first kappa shape index (κ1) is 16.7. The van der Waals surface area contributed by atoms with Gasteiger partial charge in [0, 0.05) is 11.8 Å². The van der Waals surface area contributed by atoms with Crippen molar-refractivity contribution in [1.82, 2.24) is 15.2 Å². The van der Waals surface area contributed by atoms with Gasteiger partial charge in [-0.3, -0.25) is 4.98 Å². The van der Waals surface area contributed by atoms with Gasteiger partial charge in [-0.25, -0.2) is 0 Å². The first-order valence-electron chi connectivity index (χ1n) is 8.66. The molecule has 0 spiro atoms. The predicted octanol–water partition coefficient (Wildman–Crippen LogP) is 4.58. The third-order valence-corrected chi connectivity index (χ3v) is 4.22. The van der Waals surface area contributed by atoms with E-state index in [1.165, 1.54) is 0 Å². The molecule has 0 radical (unpaired) electrons. The van der Waals surface area contributed by atoms with E-state index in [1.54, 1.807) is 18.3 Å². The van der Waals surface area contributed by atoms with Crippen molar-refractivity contribution in [2.75, 3.05) is 4.90 Å². The normalized spacial score (nSPS) is 10.5. The lowest BCUT2D eigenvalue weighted by Gasteiger charge is -2.24. The highest BCUT2D eigenvalue weighted by atomic mass is 16.3. The van der Waals surface area contributed by atoms with Crippen LogP contribution in [0.3, 0.4) is 0 Å². The summed E-state index contributed by atoms with van der Waals surface area (Å²) in [5, 5.41) is 19.1. The van der Waals surface area contributed by atoms with Crippen LogP contribution in [-0.4, -0.2) is 20.3 Å². The standard InChI is InChI=1S/C22H18N4O/c27-21-12-5-4-11-20(21)26(16-18-10-6-7-15-23-18)22-14-13-19(24-25-22)17-8-2-1-3-9-17/h1-15,27H,16H2. The number of para-hydroxylation sites is 2. The van der Waals surface area contributed by atoms with Crippen LogP contribution in [0.25, 0.3) is 11.3 Å². The Morgan fingerprint density at radius 1 is 0.741 bits per heavy atom. The Labute approximate surface area is 157 Å². The van der Waals surface area contributed by atoms with Crippen molar-refractivity contribution in [2.45, 2.75) is 6.54 Å². The van der Waals surface area contributed by atoms with Crippen molar-refractivity contribution in [2.24, 2.45) is 0 Å². The van der Waals surface area contributed by atoms with Crippen molar-refractivity contribution in [3.63, 3.8) is 0 Å². The average molecular weight is 354 g/mol. The summed E-state index contributed by atoms with van der Waals surface area (Å²) in [7, 11) is 0. The number of nitrogens with zero attached hydrogens (tertiary/aromatic N) is 4. The second kappa shape index (κ2) is 7.66. The minimum atomic E-state index is 0.183. The molecule has 5 heteroatoms. The second-order valence-corrected chi connectivity index (χ2v) is 6.04. The quantitative estimate of drug-likeness (QED) is 0.568. The SMILES string of the molecule is Oc1ccccc1N(Cc1ccccn1)c1ccc(-c2ccccc2)nn1. The highest BCUT2D eigenvalue weighted by Gasteiger charge is 2.16. The summed E-state index contributed by atoms with van der Waals surface area (Å²) in [5.41, 5.74) is 3.34. The summed E-state index contributed by atoms with van der Waals surface area (Å²) >= 11 is 0. The number of pyridine rings is 1. The maximum atomic E-state index is 10.3.